The highest BCUT2D eigenvalue weighted by Gasteiger charge is 2.37. The molecule has 2 aliphatic heterocycles. The van der Waals surface area contributed by atoms with Crippen molar-refractivity contribution in [3.8, 4) is 0 Å². The standard InChI is InChI=1S/C16H28N2O3/c1-12(2)9-18-11-14(8-15(18)20)16(21)17-6-3-4-13(10-17)5-7-19/h12-14,19H,3-11H2,1-2H3. The van der Waals surface area contributed by atoms with Crippen LogP contribution in [0.2, 0.25) is 0 Å². The first-order chi connectivity index (χ1) is 10.0. The van der Waals surface area contributed by atoms with E-state index in [4.69, 9.17) is 5.11 Å². The lowest BCUT2D eigenvalue weighted by atomic mass is 9.94. The zero-order chi connectivity index (χ0) is 15.4. The van der Waals surface area contributed by atoms with Crippen LogP contribution in [0.1, 0.15) is 39.5 Å². The Morgan fingerprint density at radius 3 is 2.81 bits per heavy atom. The maximum absolute atomic E-state index is 12.6. The molecule has 2 amide bonds. The van der Waals surface area contributed by atoms with E-state index in [1.165, 1.54) is 0 Å². The second kappa shape index (κ2) is 7.25. The summed E-state index contributed by atoms with van der Waals surface area (Å²) in [5.74, 6) is 0.940. The van der Waals surface area contributed by atoms with Gasteiger partial charge >= 0.3 is 0 Å². The molecule has 0 bridgehead atoms. The molecule has 2 saturated heterocycles. The van der Waals surface area contributed by atoms with Gasteiger partial charge in [0.15, 0.2) is 0 Å². The summed E-state index contributed by atoms with van der Waals surface area (Å²) in [5.41, 5.74) is 0. The minimum Gasteiger partial charge on any atom is -0.396 e. The van der Waals surface area contributed by atoms with Crippen molar-refractivity contribution in [2.75, 3.05) is 32.8 Å². The monoisotopic (exact) mass is 296 g/mol. The molecule has 0 aliphatic carbocycles. The van der Waals surface area contributed by atoms with Gasteiger partial charge < -0.3 is 14.9 Å². The number of carbonyl (C=O) groups excluding carboxylic acids is 2. The Labute approximate surface area is 127 Å². The average Bonchev–Trinajstić information content (AvgIpc) is 2.79. The van der Waals surface area contributed by atoms with Crippen LogP contribution >= 0.6 is 0 Å². The third-order valence-corrected chi connectivity index (χ3v) is 4.52. The third-order valence-electron chi connectivity index (χ3n) is 4.52. The number of piperidine rings is 1. The molecule has 2 aliphatic rings. The Kier molecular flexibility index (Phi) is 5.62. The van der Waals surface area contributed by atoms with Gasteiger partial charge in [-0.2, -0.15) is 0 Å². The number of rotatable bonds is 5. The van der Waals surface area contributed by atoms with E-state index in [9.17, 15) is 9.59 Å². The second-order valence-electron chi connectivity index (χ2n) is 6.90. The van der Waals surface area contributed by atoms with Crippen LogP contribution in [0.3, 0.4) is 0 Å². The largest absolute Gasteiger partial charge is 0.396 e. The fourth-order valence-electron chi connectivity index (χ4n) is 3.50. The second-order valence-corrected chi connectivity index (χ2v) is 6.90. The first-order valence-electron chi connectivity index (χ1n) is 8.18. The summed E-state index contributed by atoms with van der Waals surface area (Å²) in [7, 11) is 0. The lowest BCUT2D eigenvalue weighted by Crippen LogP contribution is -2.44. The number of hydrogen-bond acceptors (Lipinski definition) is 3. The molecule has 120 valence electrons. The summed E-state index contributed by atoms with van der Waals surface area (Å²) >= 11 is 0. The minimum absolute atomic E-state index is 0.117. The molecule has 2 heterocycles. The first kappa shape index (κ1) is 16.3. The molecule has 0 aromatic carbocycles. The molecule has 5 nitrogen and oxygen atoms in total. The molecular formula is C16H28N2O3. The summed E-state index contributed by atoms with van der Waals surface area (Å²) in [5, 5.41) is 9.05. The lowest BCUT2D eigenvalue weighted by molar-refractivity contribution is -0.137. The van der Waals surface area contributed by atoms with Crippen molar-refractivity contribution in [2.24, 2.45) is 17.8 Å². The number of carbonyl (C=O) groups is 2. The van der Waals surface area contributed by atoms with Gasteiger partial charge in [-0.1, -0.05) is 13.8 Å². The number of hydrogen-bond donors (Lipinski definition) is 1. The van der Waals surface area contributed by atoms with Crippen LogP contribution in [0.15, 0.2) is 0 Å². The van der Waals surface area contributed by atoms with Crippen molar-refractivity contribution in [1.29, 1.82) is 0 Å². The molecule has 0 saturated carbocycles. The van der Waals surface area contributed by atoms with E-state index in [1.807, 2.05) is 9.80 Å². The molecule has 2 fully saturated rings. The van der Waals surface area contributed by atoms with E-state index in [0.29, 0.717) is 24.8 Å². The van der Waals surface area contributed by atoms with Crippen LogP contribution in [0.25, 0.3) is 0 Å². The number of aliphatic hydroxyl groups is 1. The molecule has 2 rings (SSSR count). The molecule has 1 N–H and O–H groups in total. The average molecular weight is 296 g/mol. The van der Waals surface area contributed by atoms with Crippen LogP contribution < -0.4 is 0 Å². The smallest absolute Gasteiger partial charge is 0.228 e. The molecule has 21 heavy (non-hydrogen) atoms. The van der Waals surface area contributed by atoms with Crippen molar-refractivity contribution in [2.45, 2.75) is 39.5 Å². The predicted molar refractivity (Wildman–Crippen MR) is 80.5 cm³/mol. The Bertz CT molecular complexity index is 382. The van der Waals surface area contributed by atoms with Crippen LogP contribution in [0, 0.1) is 17.8 Å². The van der Waals surface area contributed by atoms with E-state index >= 15 is 0 Å². The molecular weight excluding hydrogens is 268 g/mol. The number of likely N-dealkylation sites (tertiary alicyclic amines) is 2. The Morgan fingerprint density at radius 2 is 2.14 bits per heavy atom. The van der Waals surface area contributed by atoms with Crippen molar-refractivity contribution in [3.63, 3.8) is 0 Å². The van der Waals surface area contributed by atoms with Crippen LogP contribution in [-0.2, 0) is 9.59 Å². The summed E-state index contributed by atoms with van der Waals surface area (Å²) < 4.78 is 0. The molecule has 2 atom stereocenters. The van der Waals surface area contributed by atoms with Crippen LogP contribution in [0.5, 0.6) is 0 Å². The molecule has 0 aromatic rings. The normalized spacial score (nSPS) is 26.8. The van der Waals surface area contributed by atoms with Gasteiger partial charge in [0.25, 0.3) is 0 Å². The van der Waals surface area contributed by atoms with Crippen molar-refractivity contribution >= 4 is 11.8 Å². The van der Waals surface area contributed by atoms with Crippen molar-refractivity contribution in [1.82, 2.24) is 9.80 Å². The SMILES string of the molecule is CC(C)CN1CC(C(=O)N2CCCC(CCO)C2)CC1=O. The maximum atomic E-state index is 12.6. The number of amides is 2. The predicted octanol–water partition coefficient (Wildman–Crippen LogP) is 1.11. The summed E-state index contributed by atoms with van der Waals surface area (Å²) in [6.45, 7) is 7.24. The first-order valence-corrected chi connectivity index (χ1v) is 8.18. The van der Waals surface area contributed by atoms with Gasteiger partial charge in [-0.15, -0.1) is 0 Å². The van der Waals surface area contributed by atoms with Gasteiger partial charge in [0.2, 0.25) is 11.8 Å². The molecule has 0 spiro atoms. The highest BCUT2D eigenvalue weighted by molar-refractivity contribution is 5.89. The van der Waals surface area contributed by atoms with Crippen LogP contribution in [-0.4, -0.2) is 59.5 Å². The fraction of sp³-hybridized carbons (Fsp3) is 0.875. The van der Waals surface area contributed by atoms with E-state index in [0.717, 1.165) is 38.9 Å². The van der Waals surface area contributed by atoms with Gasteiger partial charge in [-0.25, -0.2) is 0 Å². The zero-order valence-electron chi connectivity index (χ0n) is 13.3. The molecule has 0 radical (unpaired) electrons. The summed E-state index contributed by atoms with van der Waals surface area (Å²) in [6.07, 6.45) is 3.24. The molecule has 2 unspecified atom stereocenters. The van der Waals surface area contributed by atoms with Crippen LogP contribution in [0.4, 0.5) is 0 Å². The van der Waals surface area contributed by atoms with Crippen molar-refractivity contribution in [3.05, 3.63) is 0 Å². The van der Waals surface area contributed by atoms with Crippen molar-refractivity contribution < 1.29 is 14.7 Å². The van der Waals surface area contributed by atoms with E-state index in [1.54, 1.807) is 0 Å². The highest BCUT2D eigenvalue weighted by Crippen LogP contribution is 2.25. The van der Waals surface area contributed by atoms with Gasteiger partial charge in [-0.05, 0) is 31.1 Å². The summed E-state index contributed by atoms with van der Waals surface area (Å²) in [4.78, 5) is 28.4. The van der Waals surface area contributed by atoms with E-state index in [-0.39, 0.29) is 24.3 Å². The number of nitrogens with zero attached hydrogens (tertiary/aromatic N) is 2. The minimum atomic E-state index is -0.163. The van der Waals surface area contributed by atoms with Gasteiger partial charge in [0.05, 0.1) is 5.92 Å². The zero-order valence-corrected chi connectivity index (χ0v) is 13.3. The highest BCUT2D eigenvalue weighted by atomic mass is 16.3. The number of aliphatic hydroxyl groups excluding tert-OH is 1. The maximum Gasteiger partial charge on any atom is 0.228 e. The van der Waals surface area contributed by atoms with E-state index < -0.39 is 0 Å². The fourth-order valence-corrected chi connectivity index (χ4v) is 3.50. The topological polar surface area (TPSA) is 60.9 Å². The van der Waals surface area contributed by atoms with E-state index in [2.05, 4.69) is 13.8 Å². The van der Waals surface area contributed by atoms with Gasteiger partial charge in [-0.3, -0.25) is 9.59 Å². The summed E-state index contributed by atoms with van der Waals surface area (Å²) in [6, 6.07) is 0. The third kappa shape index (κ3) is 4.19. The van der Waals surface area contributed by atoms with Gasteiger partial charge in [0.1, 0.15) is 0 Å². The Morgan fingerprint density at radius 1 is 1.38 bits per heavy atom. The lowest BCUT2D eigenvalue weighted by Gasteiger charge is -2.34. The molecule has 0 aromatic heterocycles. The quantitative estimate of drug-likeness (QED) is 0.827. The Hall–Kier alpha value is -1.10. The Balaban J connectivity index is 1.90. The van der Waals surface area contributed by atoms with Gasteiger partial charge in [0, 0.05) is 39.2 Å². The molecule has 5 heteroatoms.